The number of hydrogen-bond acceptors (Lipinski definition) is 6. The van der Waals surface area contributed by atoms with Crippen LogP contribution in [0.4, 0.5) is 5.95 Å². The number of amides is 1. The van der Waals surface area contributed by atoms with Crippen LogP contribution in [-0.4, -0.2) is 52.6 Å². The second kappa shape index (κ2) is 6.72. The van der Waals surface area contributed by atoms with Crippen molar-refractivity contribution in [3.8, 4) is 0 Å². The van der Waals surface area contributed by atoms with Crippen LogP contribution in [0.2, 0.25) is 0 Å². The van der Waals surface area contributed by atoms with Crippen LogP contribution in [0.25, 0.3) is 0 Å². The van der Waals surface area contributed by atoms with E-state index in [0.29, 0.717) is 30.7 Å². The van der Waals surface area contributed by atoms with Crippen molar-refractivity contribution in [3.63, 3.8) is 0 Å². The number of anilines is 1. The van der Waals surface area contributed by atoms with Crippen LogP contribution in [-0.2, 0) is 4.74 Å². The molecule has 0 saturated carbocycles. The quantitative estimate of drug-likeness (QED) is 0.886. The number of nitrogens with one attached hydrogen (secondary N) is 1. The van der Waals surface area contributed by atoms with Gasteiger partial charge in [0.25, 0.3) is 5.91 Å². The lowest BCUT2D eigenvalue weighted by molar-refractivity contribution is -0.118. The number of furan rings is 1. The Hall–Kier alpha value is -2.41. The first-order valence-electron chi connectivity index (χ1n) is 9.08. The molecule has 2 aromatic rings. The average Bonchev–Trinajstić information content (AvgIpc) is 3.21. The van der Waals surface area contributed by atoms with Crippen LogP contribution in [0.5, 0.6) is 0 Å². The maximum absolute atomic E-state index is 12.5. The van der Waals surface area contributed by atoms with Gasteiger partial charge in [-0.05, 0) is 50.3 Å². The van der Waals surface area contributed by atoms with E-state index in [9.17, 15) is 4.79 Å². The molecule has 2 aliphatic rings. The molecule has 2 aromatic heterocycles. The summed E-state index contributed by atoms with van der Waals surface area (Å²) < 4.78 is 11.5. The Morgan fingerprint density at radius 3 is 2.77 bits per heavy atom. The average molecular weight is 356 g/mol. The summed E-state index contributed by atoms with van der Waals surface area (Å²) in [5.41, 5.74) is 0.845. The predicted octanol–water partition coefficient (Wildman–Crippen LogP) is 2.42. The number of aromatic nitrogens is 2. The number of carbonyl (C=O) groups is 1. The molecule has 4 rings (SSSR count). The Kier molecular flexibility index (Phi) is 4.40. The standard InChI is InChI=1S/C19H24N4O3/c1-13-9-21-18(22-10-13)20-7-5-15-6-8-25-19(15)11-23(12-19)17(24)16-4-3-14(2)26-16/h3-4,9-10,15H,5-8,11-12H2,1-2H3,(H,20,21,22). The van der Waals surface area contributed by atoms with Crippen molar-refractivity contribution in [3.05, 3.63) is 41.6 Å². The normalized spacial score (nSPS) is 21.0. The number of aryl methyl sites for hydroxylation is 2. The van der Waals surface area contributed by atoms with Gasteiger partial charge in [0.2, 0.25) is 5.95 Å². The van der Waals surface area contributed by atoms with E-state index in [1.54, 1.807) is 18.5 Å². The van der Waals surface area contributed by atoms with Crippen molar-refractivity contribution >= 4 is 11.9 Å². The van der Waals surface area contributed by atoms with Gasteiger partial charge in [0.05, 0.1) is 13.1 Å². The highest BCUT2D eigenvalue weighted by molar-refractivity contribution is 5.92. The molecule has 7 nitrogen and oxygen atoms in total. The number of rotatable bonds is 5. The van der Waals surface area contributed by atoms with E-state index in [1.165, 1.54) is 0 Å². The van der Waals surface area contributed by atoms with Gasteiger partial charge in [-0.2, -0.15) is 0 Å². The number of nitrogens with zero attached hydrogens (tertiary/aromatic N) is 3. The van der Waals surface area contributed by atoms with Gasteiger partial charge in [-0.1, -0.05) is 0 Å². The maximum atomic E-state index is 12.5. The van der Waals surface area contributed by atoms with Gasteiger partial charge in [0, 0.05) is 25.5 Å². The Balaban J connectivity index is 1.30. The number of hydrogen-bond donors (Lipinski definition) is 1. The fraction of sp³-hybridized carbons (Fsp3) is 0.526. The highest BCUT2D eigenvalue weighted by atomic mass is 16.5. The molecule has 0 bridgehead atoms. The summed E-state index contributed by atoms with van der Waals surface area (Å²) in [7, 11) is 0. The minimum Gasteiger partial charge on any atom is -0.456 e. The van der Waals surface area contributed by atoms with E-state index < -0.39 is 0 Å². The summed E-state index contributed by atoms with van der Waals surface area (Å²) in [6.45, 7) is 6.64. The van der Waals surface area contributed by atoms with Crippen molar-refractivity contribution in [2.24, 2.45) is 5.92 Å². The second-order valence-corrected chi connectivity index (χ2v) is 7.27. The summed E-state index contributed by atoms with van der Waals surface area (Å²) in [5.74, 6) is 2.20. The Morgan fingerprint density at radius 1 is 1.31 bits per heavy atom. The summed E-state index contributed by atoms with van der Waals surface area (Å²) in [4.78, 5) is 22.8. The van der Waals surface area contributed by atoms with E-state index in [0.717, 1.165) is 37.3 Å². The SMILES string of the molecule is Cc1cnc(NCCC2CCOC23CN(C(=O)c2ccc(C)o2)C3)nc1. The van der Waals surface area contributed by atoms with E-state index >= 15 is 0 Å². The molecule has 1 spiro atoms. The van der Waals surface area contributed by atoms with Crippen molar-refractivity contribution < 1.29 is 13.9 Å². The van der Waals surface area contributed by atoms with Gasteiger partial charge in [0.1, 0.15) is 11.4 Å². The summed E-state index contributed by atoms with van der Waals surface area (Å²) in [6.07, 6.45) is 5.61. The molecule has 1 amide bonds. The van der Waals surface area contributed by atoms with E-state index in [1.807, 2.05) is 24.8 Å². The Morgan fingerprint density at radius 2 is 2.08 bits per heavy atom. The molecule has 26 heavy (non-hydrogen) atoms. The lowest BCUT2D eigenvalue weighted by Gasteiger charge is -2.50. The van der Waals surface area contributed by atoms with Crippen LogP contribution < -0.4 is 5.32 Å². The molecule has 1 unspecified atom stereocenters. The van der Waals surface area contributed by atoms with Crippen LogP contribution in [0.15, 0.2) is 28.9 Å². The van der Waals surface area contributed by atoms with Crippen LogP contribution in [0, 0.1) is 19.8 Å². The van der Waals surface area contributed by atoms with Crippen molar-refractivity contribution in [2.75, 3.05) is 31.6 Å². The molecule has 1 N–H and O–H groups in total. The first-order valence-corrected chi connectivity index (χ1v) is 9.08. The first-order chi connectivity index (χ1) is 12.6. The van der Waals surface area contributed by atoms with E-state index in [-0.39, 0.29) is 11.5 Å². The molecule has 2 saturated heterocycles. The number of likely N-dealkylation sites (tertiary alicyclic amines) is 1. The minimum absolute atomic E-state index is 0.0517. The molecule has 0 radical (unpaired) electrons. The third-order valence-corrected chi connectivity index (χ3v) is 5.31. The zero-order valence-electron chi connectivity index (χ0n) is 15.2. The molecule has 138 valence electrons. The lowest BCUT2D eigenvalue weighted by atomic mass is 9.79. The third-order valence-electron chi connectivity index (χ3n) is 5.31. The van der Waals surface area contributed by atoms with Crippen LogP contribution in [0.3, 0.4) is 0 Å². The molecule has 2 fully saturated rings. The number of carbonyl (C=O) groups excluding carboxylic acids is 1. The molecular formula is C19H24N4O3. The maximum Gasteiger partial charge on any atom is 0.289 e. The predicted molar refractivity (Wildman–Crippen MR) is 96.0 cm³/mol. The van der Waals surface area contributed by atoms with Crippen molar-refractivity contribution in [1.29, 1.82) is 0 Å². The highest BCUT2D eigenvalue weighted by Crippen LogP contribution is 2.42. The molecule has 2 aliphatic heterocycles. The zero-order valence-corrected chi connectivity index (χ0v) is 15.2. The van der Waals surface area contributed by atoms with Gasteiger partial charge in [-0.3, -0.25) is 4.79 Å². The highest BCUT2D eigenvalue weighted by Gasteiger charge is 2.54. The molecule has 4 heterocycles. The monoisotopic (exact) mass is 356 g/mol. The smallest absolute Gasteiger partial charge is 0.289 e. The van der Waals surface area contributed by atoms with Gasteiger partial charge < -0.3 is 19.4 Å². The Labute approximate surface area is 152 Å². The summed E-state index contributed by atoms with van der Waals surface area (Å²) in [5, 5.41) is 3.27. The van der Waals surface area contributed by atoms with Gasteiger partial charge >= 0.3 is 0 Å². The first kappa shape index (κ1) is 17.0. The van der Waals surface area contributed by atoms with Crippen LogP contribution in [0.1, 0.15) is 34.7 Å². The fourth-order valence-electron chi connectivity index (χ4n) is 3.83. The van der Waals surface area contributed by atoms with E-state index in [4.69, 9.17) is 9.15 Å². The third kappa shape index (κ3) is 3.19. The summed E-state index contributed by atoms with van der Waals surface area (Å²) >= 11 is 0. The Bertz CT molecular complexity index is 780. The fourth-order valence-corrected chi connectivity index (χ4v) is 3.83. The largest absolute Gasteiger partial charge is 0.456 e. The van der Waals surface area contributed by atoms with Crippen molar-refractivity contribution in [1.82, 2.24) is 14.9 Å². The minimum atomic E-state index is -0.201. The molecule has 0 aliphatic carbocycles. The van der Waals surface area contributed by atoms with Crippen LogP contribution >= 0.6 is 0 Å². The topological polar surface area (TPSA) is 80.5 Å². The molecule has 7 heteroatoms. The van der Waals surface area contributed by atoms with Gasteiger partial charge in [-0.25, -0.2) is 9.97 Å². The molecule has 1 atom stereocenters. The lowest BCUT2D eigenvalue weighted by Crippen LogP contribution is -2.66. The van der Waals surface area contributed by atoms with Gasteiger partial charge in [0.15, 0.2) is 5.76 Å². The van der Waals surface area contributed by atoms with Gasteiger partial charge in [-0.15, -0.1) is 0 Å². The van der Waals surface area contributed by atoms with Crippen molar-refractivity contribution in [2.45, 2.75) is 32.3 Å². The number of ether oxygens (including phenoxy) is 1. The second-order valence-electron chi connectivity index (χ2n) is 7.27. The molecular weight excluding hydrogens is 332 g/mol. The zero-order chi connectivity index (χ0) is 18.1. The summed E-state index contributed by atoms with van der Waals surface area (Å²) in [6, 6.07) is 3.55. The van der Waals surface area contributed by atoms with E-state index in [2.05, 4.69) is 15.3 Å². The molecule has 0 aromatic carbocycles.